The fraction of sp³-hybridized carbons (Fsp3) is 0.235. The Morgan fingerprint density at radius 2 is 2.30 bits per heavy atom. The van der Waals surface area contributed by atoms with Gasteiger partial charge in [0.05, 0.1) is 30.0 Å². The van der Waals surface area contributed by atoms with Crippen LogP contribution in [0.15, 0.2) is 36.5 Å². The first-order chi connectivity index (χ1) is 14.3. The Hall–Kier alpha value is -3.40. The molecule has 9 nitrogen and oxygen atoms in total. The zero-order chi connectivity index (χ0) is 21.6. The van der Waals surface area contributed by atoms with Crippen LogP contribution in [0.5, 0.6) is 0 Å². The maximum Gasteiger partial charge on any atom is 0.414 e. The van der Waals surface area contributed by atoms with E-state index in [4.69, 9.17) is 14.0 Å². The van der Waals surface area contributed by atoms with Crippen LogP contribution in [-0.2, 0) is 11.8 Å². The average Bonchev–Trinajstić information content (AvgIpc) is 3.31. The van der Waals surface area contributed by atoms with Gasteiger partial charge in [0.2, 0.25) is 5.82 Å². The fourth-order valence-electron chi connectivity index (χ4n) is 2.60. The summed E-state index contributed by atoms with van der Waals surface area (Å²) in [6, 6.07) is 3.02. The van der Waals surface area contributed by atoms with Gasteiger partial charge >= 0.3 is 6.09 Å². The number of carbonyl (C=O) groups excluding carboxylic acids is 1. The van der Waals surface area contributed by atoms with Gasteiger partial charge in [-0.3, -0.25) is 9.88 Å². The number of anilines is 1. The number of tetrazole rings is 1. The Bertz CT molecular complexity index is 1160. The molecule has 0 spiro atoms. The van der Waals surface area contributed by atoms with Crippen LogP contribution >= 0.6 is 0 Å². The van der Waals surface area contributed by atoms with Gasteiger partial charge in [0.25, 0.3) is 0 Å². The Morgan fingerprint density at radius 3 is 2.96 bits per heavy atom. The summed E-state index contributed by atoms with van der Waals surface area (Å²) >= 11 is 0. The molecule has 1 atom stereocenters. The number of ether oxygens (including phenoxy) is 1. The van der Waals surface area contributed by atoms with E-state index in [9.17, 15) is 9.18 Å². The first-order valence-corrected chi connectivity index (χ1v) is 7.91. The number of rotatable bonds is 4. The predicted molar refractivity (Wildman–Crippen MR) is 92.1 cm³/mol. The summed E-state index contributed by atoms with van der Waals surface area (Å²) in [6.07, 6.45) is -1.83. The van der Waals surface area contributed by atoms with Crippen molar-refractivity contribution in [2.45, 2.75) is 6.10 Å². The second-order valence-electron chi connectivity index (χ2n) is 5.76. The summed E-state index contributed by atoms with van der Waals surface area (Å²) in [4.78, 5) is 18.2. The monoisotopic (exact) mass is 373 g/mol. The van der Waals surface area contributed by atoms with Crippen molar-refractivity contribution in [2.75, 3.05) is 18.1 Å². The third-order valence-electron chi connectivity index (χ3n) is 3.92. The summed E-state index contributed by atoms with van der Waals surface area (Å²) < 4.78 is 44.4. The molecule has 27 heavy (non-hydrogen) atoms. The van der Waals surface area contributed by atoms with E-state index in [0.717, 1.165) is 10.9 Å². The lowest BCUT2D eigenvalue weighted by Crippen LogP contribution is -2.25. The Morgan fingerprint density at radius 1 is 1.44 bits per heavy atom. The molecule has 1 N–H and O–H groups in total. The number of benzene rings is 1. The first-order valence-electron chi connectivity index (χ1n) is 9.41. The van der Waals surface area contributed by atoms with Crippen LogP contribution in [0.3, 0.4) is 0 Å². The molecule has 3 aromatic rings. The van der Waals surface area contributed by atoms with Gasteiger partial charge in [0, 0.05) is 17.3 Å². The van der Waals surface area contributed by atoms with E-state index in [1.807, 2.05) is 0 Å². The van der Waals surface area contributed by atoms with Crippen LogP contribution in [-0.4, -0.2) is 55.6 Å². The SMILES string of the molecule is [2H]c1nc(-c2nnn(C)n2)c([2H])c([2H])c1-c1ccc(N2C[C@H](CO)OC2=O)cc1F. The largest absolute Gasteiger partial charge is 0.441 e. The number of nitrogens with zero attached hydrogens (tertiary/aromatic N) is 6. The quantitative estimate of drug-likeness (QED) is 0.737. The second-order valence-corrected chi connectivity index (χ2v) is 5.76. The van der Waals surface area contributed by atoms with Crippen LogP contribution in [0, 0.1) is 5.82 Å². The van der Waals surface area contributed by atoms with Gasteiger partial charge in [-0.1, -0.05) is 6.04 Å². The lowest BCUT2D eigenvalue weighted by atomic mass is 10.1. The number of aromatic nitrogens is 5. The summed E-state index contributed by atoms with van der Waals surface area (Å²) in [5, 5.41) is 20.4. The zero-order valence-corrected chi connectivity index (χ0v) is 14.0. The number of amides is 1. The molecule has 1 aromatic carbocycles. The van der Waals surface area contributed by atoms with E-state index in [2.05, 4.69) is 20.4 Å². The third kappa shape index (κ3) is 3.22. The number of halogens is 1. The van der Waals surface area contributed by atoms with E-state index >= 15 is 0 Å². The molecule has 1 fully saturated rings. The highest BCUT2D eigenvalue weighted by Gasteiger charge is 2.32. The summed E-state index contributed by atoms with van der Waals surface area (Å²) in [5.41, 5.74) is -0.183. The van der Waals surface area contributed by atoms with Crippen molar-refractivity contribution < 1.29 is 23.1 Å². The van der Waals surface area contributed by atoms with E-state index in [1.54, 1.807) is 0 Å². The second kappa shape index (κ2) is 6.72. The Kier molecular flexibility index (Phi) is 3.43. The van der Waals surface area contributed by atoms with Crippen LogP contribution < -0.4 is 4.90 Å². The highest BCUT2D eigenvalue weighted by atomic mass is 19.1. The number of carbonyl (C=O) groups is 1. The van der Waals surface area contributed by atoms with E-state index in [-0.39, 0.29) is 47.5 Å². The number of hydrogen-bond acceptors (Lipinski definition) is 7. The summed E-state index contributed by atoms with van der Waals surface area (Å²) in [7, 11) is 1.52. The van der Waals surface area contributed by atoms with Crippen LogP contribution in [0.25, 0.3) is 22.6 Å². The number of hydrogen-bond donors (Lipinski definition) is 1. The molecule has 1 aliphatic rings. The molecule has 4 rings (SSSR count). The van der Waals surface area contributed by atoms with Gasteiger partial charge in [-0.2, -0.15) is 4.80 Å². The molecule has 3 heterocycles. The number of aliphatic hydroxyl groups is 1. The topological polar surface area (TPSA) is 106 Å². The van der Waals surface area contributed by atoms with Gasteiger partial charge in [0.15, 0.2) is 0 Å². The highest BCUT2D eigenvalue weighted by molar-refractivity contribution is 5.90. The normalized spacial score (nSPS) is 18.2. The lowest BCUT2D eigenvalue weighted by molar-refractivity contribution is 0.0963. The lowest BCUT2D eigenvalue weighted by Gasteiger charge is -2.14. The average molecular weight is 373 g/mol. The number of aliphatic hydroxyl groups excluding tert-OH is 1. The maximum absolute atomic E-state index is 14.9. The molecular formula is C17H15FN6O3. The smallest absolute Gasteiger partial charge is 0.414 e. The van der Waals surface area contributed by atoms with Crippen LogP contribution in [0.1, 0.15) is 4.11 Å². The molecule has 0 aliphatic carbocycles. The first kappa shape index (κ1) is 13.8. The maximum atomic E-state index is 14.9. The minimum Gasteiger partial charge on any atom is -0.441 e. The van der Waals surface area contributed by atoms with Gasteiger partial charge < -0.3 is 9.84 Å². The van der Waals surface area contributed by atoms with Gasteiger partial charge in [-0.15, -0.1) is 10.2 Å². The van der Waals surface area contributed by atoms with E-state index in [1.165, 1.54) is 24.1 Å². The molecular weight excluding hydrogens is 355 g/mol. The molecule has 138 valence electrons. The van der Waals surface area contributed by atoms with Crippen molar-refractivity contribution in [2.24, 2.45) is 7.05 Å². The minimum atomic E-state index is -0.804. The van der Waals surface area contributed by atoms with Gasteiger partial charge in [-0.05, 0) is 29.5 Å². The number of aryl methyl sites for hydroxylation is 1. The minimum absolute atomic E-state index is 0.0159. The molecule has 1 saturated heterocycles. The standard InChI is InChI=1S/C17H15FN6O3/c1-23-21-16(20-22-23)15-5-2-10(7-19-15)13-4-3-11(6-14(13)18)24-8-12(9-25)27-17(24)26/h2-7,12,25H,8-9H2,1H3/t12-/m1/s1/i2D,5D,7D. The van der Waals surface area contributed by atoms with Crippen LogP contribution in [0.4, 0.5) is 14.9 Å². The highest BCUT2D eigenvalue weighted by Crippen LogP contribution is 2.29. The van der Waals surface area contributed by atoms with Crippen molar-refractivity contribution in [3.05, 3.63) is 42.3 Å². The van der Waals surface area contributed by atoms with E-state index in [0.29, 0.717) is 0 Å². The van der Waals surface area contributed by atoms with Crippen LogP contribution in [0.2, 0.25) is 0 Å². The fourth-order valence-corrected chi connectivity index (χ4v) is 2.60. The molecule has 0 radical (unpaired) electrons. The molecule has 1 amide bonds. The van der Waals surface area contributed by atoms with Crippen molar-refractivity contribution in [3.63, 3.8) is 0 Å². The van der Waals surface area contributed by atoms with Crippen molar-refractivity contribution in [3.8, 4) is 22.6 Å². The molecule has 10 heteroatoms. The molecule has 0 saturated carbocycles. The number of pyridine rings is 1. The van der Waals surface area contributed by atoms with E-state index < -0.39 is 30.2 Å². The zero-order valence-electron chi connectivity index (χ0n) is 17.0. The van der Waals surface area contributed by atoms with Gasteiger partial charge in [0.1, 0.15) is 17.6 Å². The molecule has 1 aliphatic heterocycles. The predicted octanol–water partition coefficient (Wildman–Crippen LogP) is 1.40. The summed E-state index contributed by atoms with van der Waals surface area (Å²) in [6.45, 7) is -0.280. The Balaban J connectivity index is 1.74. The molecule has 0 unspecified atom stereocenters. The molecule has 2 aromatic heterocycles. The van der Waals surface area contributed by atoms with Crippen molar-refractivity contribution in [1.29, 1.82) is 0 Å². The van der Waals surface area contributed by atoms with Gasteiger partial charge in [-0.25, -0.2) is 9.18 Å². The summed E-state index contributed by atoms with van der Waals surface area (Å²) in [5.74, 6) is -0.820. The van der Waals surface area contributed by atoms with Crippen molar-refractivity contribution >= 4 is 11.8 Å². The Labute approximate surface area is 157 Å². The number of cyclic esters (lactones) is 1. The molecule has 0 bridgehead atoms. The van der Waals surface area contributed by atoms with Crippen molar-refractivity contribution in [1.82, 2.24) is 25.2 Å². The third-order valence-corrected chi connectivity index (χ3v) is 3.92.